The second-order valence-corrected chi connectivity index (χ2v) is 7.32. The SMILES string of the molecule is N#CN1C[C@H]2CC[C@@H](C1)C2Nc1nc(Oc2cccc(F)c2)n(CC(F)(F)F)n1. The number of aromatic nitrogens is 3. The number of ether oxygens (including phenoxy) is 1. The summed E-state index contributed by atoms with van der Waals surface area (Å²) in [5.41, 5.74) is 0. The fourth-order valence-electron chi connectivity index (χ4n) is 4.06. The molecule has 11 heteroatoms. The van der Waals surface area contributed by atoms with Crippen LogP contribution in [-0.4, -0.2) is 45.0 Å². The van der Waals surface area contributed by atoms with Crippen molar-refractivity contribution in [1.82, 2.24) is 19.7 Å². The number of benzene rings is 1. The van der Waals surface area contributed by atoms with Gasteiger partial charge in [-0.3, -0.25) is 0 Å². The summed E-state index contributed by atoms with van der Waals surface area (Å²) in [4.78, 5) is 5.77. The number of alkyl halides is 3. The highest BCUT2D eigenvalue weighted by atomic mass is 19.4. The molecule has 0 radical (unpaired) electrons. The minimum absolute atomic E-state index is 0.0213. The van der Waals surface area contributed by atoms with Crippen LogP contribution in [0.25, 0.3) is 0 Å². The smallest absolute Gasteiger partial charge is 0.408 e. The standard InChI is InChI=1S/C18H18F4N6O/c19-13-2-1-3-14(6-13)29-17-25-16(26-28(17)9-18(20,21)22)24-15-11-4-5-12(15)8-27(7-11)10-23/h1-3,6,11-12,15H,4-5,7-9H2,(H,24,26)/t11-,12+,15?. The van der Waals surface area contributed by atoms with Gasteiger partial charge in [0.2, 0.25) is 5.95 Å². The molecule has 0 spiro atoms. The molecule has 0 amide bonds. The molecule has 2 aromatic rings. The van der Waals surface area contributed by atoms with Crippen molar-refractivity contribution in [2.24, 2.45) is 11.8 Å². The van der Waals surface area contributed by atoms with Gasteiger partial charge in [-0.2, -0.15) is 23.4 Å². The number of piperidine rings is 1. The van der Waals surface area contributed by atoms with Crippen molar-refractivity contribution in [3.8, 4) is 18.0 Å². The topological polar surface area (TPSA) is 79.0 Å². The predicted octanol–water partition coefficient (Wildman–Crippen LogP) is 3.38. The maximum Gasteiger partial charge on any atom is 0.408 e. The second kappa shape index (κ2) is 7.42. The number of fused-ring (bicyclic) bond motifs is 2. The summed E-state index contributed by atoms with van der Waals surface area (Å²) < 4.78 is 58.2. The van der Waals surface area contributed by atoms with Crippen LogP contribution in [0.2, 0.25) is 0 Å². The molecule has 1 aliphatic carbocycles. The van der Waals surface area contributed by atoms with Crippen LogP contribution in [0.1, 0.15) is 12.8 Å². The minimum Gasteiger partial charge on any atom is -0.424 e. The maximum atomic E-state index is 13.4. The number of hydrogen-bond donors (Lipinski definition) is 1. The lowest BCUT2D eigenvalue weighted by molar-refractivity contribution is -0.143. The fourth-order valence-corrected chi connectivity index (χ4v) is 4.06. The molecule has 29 heavy (non-hydrogen) atoms. The van der Waals surface area contributed by atoms with E-state index >= 15 is 0 Å². The zero-order valence-corrected chi connectivity index (χ0v) is 15.2. The van der Waals surface area contributed by atoms with Crippen LogP contribution >= 0.6 is 0 Å². The average Bonchev–Trinajstić information content (AvgIpc) is 3.09. The molecule has 2 heterocycles. The quantitative estimate of drug-likeness (QED) is 0.602. The molecule has 2 aliphatic rings. The first kappa shape index (κ1) is 19.3. The van der Waals surface area contributed by atoms with E-state index in [4.69, 9.17) is 10.00 Å². The number of hydrogen-bond acceptors (Lipinski definition) is 6. The third-order valence-electron chi connectivity index (χ3n) is 5.24. The Morgan fingerprint density at radius 2 is 1.97 bits per heavy atom. The number of anilines is 1. The van der Waals surface area contributed by atoms with E-state index in [1.165, 1.54) is 18.2 Å². The van der Waals surface area contributed by atoms with Gasteiger partial charge in [0.1, 0.15) is 18.1 Å². The molecule has 1 aromatic heterocycles. The average molecular weight is 410 g/mol. The summed E-state index contributed by atoms with van der Waals surface area (Å²) in [7, 11) is 0. The molecule has 1 unspecified atom stereocenters. The van der Waals surface area contributed by atoms with E-state index in [1.807, 2.05) is 0 Å². The van der Waals surface area contributed by atoms with Crippen molar-refractivity contribution in [3.05, 3.63) is 30.1 Å². The van der Waals surface area contributed by atoms with Crippen molar-refractivity contribution in [1.29, 1.82) is 5.26 Å². The molecule has 3 atom stereocenters. The monoisotopic (exact) mass is 410 g/mol. The van der Waals surface area contributed by atoms with Crippen LogP contribution in [0.5, 0.6) is 11.8 Å². The molecule has 1 aromatic carbocycles. The summed E-state index contributed by atoms with van der Waals surface area (Å²) in [5, 5.41) is 16.2. The number of halogens is 4. The first-order valence-corrected chi connectivity index (χ1v) is 9.17. The lowest BCUT2D eigenvalue weighted by Crippen LogP contribution is -2.46. The van der Waals surface area contributed by atoms with Crippen LogP contribution in [0.4, 0.5) is 23.5 Å². The molecule has 4 rings (SSSR count). The minimum atomic E-state index is -4.53. The molecule has 2 bridgehead atoms. The Morgan fingerprint density at radius 3 is 2.59 bits per heavy atom. The van der Waals surface area contributed by atoms with Crippen molar-refractivity contribution in [2.45, 2.75) is 31.6 Å². The Bertz CT molecular complexity index is 910. The van der Waals surface area contributed by atoms with E-state index in [2.05, 4.69) is 21.6 Å². The van der Waals surface area contributed by atoms with Crippen LogP contribution in [0.15, 0.2) is 24.3 Å². The zero-order valence-electron chi connectivity index (χ0n) is 15.2. The van der Waals surface area contributed by atoms with E-state index in [1.54, 1.807) is 4.90 Å². The lowest BCUT2D eigenvalue weighted by atomic mass is 9.92. The molecule has 2 fully saturated rings. The van der Waals surface area contributed by atoms with Crippen LogP contribution in [0.3, 0.4) is 0 Å². The Hall–Kier alpha value is -3.03. The first-order chi connectivity index (χ1) is 13.8. The number of nitriles is 1. The van der Waals surface area contributed by atoms with Gasteiger partial charge in [0.05, 0.1) is 0 Å². The highest BCUT2D eigenvalue weighted by Crippen LogP contribution is 2.38. The van der Waals surface area contributed by atoms with Gasteiger partial charge in [-0.25, -0.2) is 9.07 Å². The van der Waals surface area contributed by atoms with Gasteiger partial charge in [-0.1, -0.05) is 6.07 Å². The van der Waals surface area contributed by atoms with Crippen LogP contribution in [0, 0.1) is 29.1 Å². The Kier molecular flexibility index (Phi) is 4.94. The molecule has 154 valence electrons. The lowest BCUT2D eigenvalue weighted by Gasteiger charge is -2.35. The van der Waals surface area contributed by atoms with Gasteiger partial charge in [0.25, 0.3) is 0 Å². The fraction of sp³-hybridized carbons (Fsp3) is 0.500. The van der Waals surface area contributed by atoms with Gasteiger partial charge in [0.15, 0.2) is 6.19 Å². The largest absolute Gasteiger partial charge is 0.424 e. The molecule has 1 saturated carbocycles. The van der Waals surface area contributed by atoms with Gasteiger partial charge >= 0.3 is 12.2 Å². The predicted molar refractivity (Wildman–Crippen MR) is 93.4 cm³/mol. The van der Waals surface area contributed by atoms with Crippen molar-refractivity contribution in [2.75, 3.05) is 18.4 Å². The number of nitrogens with zero attached hydrogens (tertiary/aromatic N) is 5. The van der Waals surface area contributed by atoms with E-state index in [0.29, 0.717) is 17.8 Å². The summed E-state index contributed by atoms with van der Waals surface area (Å²) >= 11 is 0. The van der Waals surface area contributed by atoms with Crippen molar-refractivity contribution in [3.63, 3.8) is 0 Å². The van der Waals surface area contributed by atoms with E-state index < -0.39 is 18.5 Å². The normalized spacial score (nSPS) is 23.7. The van der Waals surface area contributed by atoms with Crippen molar-refractivity contribution >= 4 is 5.95 Å². The highest BCUT2D eigenvalue weighted by molar-refractivity contribution is 5.32. The number of rotatable bonds is 5. The molecular formula is C18H18F4N6O. The zero-order chi connectivity index (χ0) is 20.6. The molecular weight excluding hydrogens is 392 g/mol. The third-order valence-corrected chi connectivity index (χ3v) is 5.24. The van der Waals surface area contributed by atoms with E-state index in [9.17, 15) is 17.6 Å². The van der Waals surface area contributed by atoms with E-state index in [0.717, 1.165) is 18.9 Å². The van der Waals surface area contributed by atoms with Crippen LogP contribution in [-0.2, 0) is 6.54 Å². The first-order valence-electron chi connectivity index (χ1n) is 9.17. The second-order valence-electron chi connectivity index (χ2n) is 7.32. The maximum absolute atomic E-state index is 13.4. The molecule has 1 N–H and O–H groups in total. The summed E-state index contributed by atoms with van der Waals surface area (Å²) in [5.74, 6) is -0.155. The Balaban J connectivity index is 1.56. The number of nitrogens with one attached hydrogen (secondary N) is 1. The van der Waals surface area contributed by atoms with Crippen LogP contribution < -0.4 is 10.1 Å². The van der Waals surface area contributed by atoms with E-state index in [-0.39, 0.29) is 35.6 Å². The van der Waals surface area contributed by atoms with Gasteiger partial charge in [-0.05, 0) is 36.8 Å². The Morgan fingerprint density at radius 1 is 1.24 bits per heavy atom. The van der Waals surface area contributed by atoms with Gasteiger partial charge in [0, 0.05) is 25.2 Å². The number of likely N-dealkylation sites (tertiary alicyclic amines) is 1. The van der Waals surface area contributed by atoms with Crippen molar-refractivity contribution < 1.29 is 22.3 Å². The molecule has 1 saturated heterocycles. The summed E-state index contributed by atoms with van der Waals surface area (Å²) in [6.45, 7) is -0.187. The third kappa shape index (κ3) is 4.36. The Labute approximate surface area is 163 Å². The highest BCUT2D eigenvalue weighted by Gasteiger charge is 2.42. The molecule has 1 aliphatic heterocycles. The van der Waals surface area contributed by atoms with Gasteiger partial charge < -0.3 is 15.0 Å². The summed E-state index contributed by atoms with van der Waals surface area (Å²) in [6.07, 6.45) is -0.517. The summed E-state index contributed by atoms with van der Waals surface area (Å²) in [6, 6.07) is 4.65. The van der Waals surface area contributed by atoms with Gasteiger partial charge in [-0.15, -0.1) is 5.10 Å². The molecule has 7 nitrogen and oxygen atoms in total.